The van der Waals surface area contributed by atoms with Gasteiger partial charge in [-0.15, -0.1) is 0 Å². The molecule has 2 N–H and O–H groups in total. The normalized spacial score (nSPS) is 13.6. The second kappa shape index (κ2) is 7.75. The Hall–Kier alpha value is -1.92. The van der Waals surface area contributed by atoms with Crippen LogP contribution in [0.5, 0.6) is 5.75 Å². The molecule has 0 bridgehead atoms. The van der Waals surface area contributed by atoms with E-state index in [1.807, 2.05) is 0 Å². The van der Waals surface area contributed by atoms with E-state index in [1.165, 1.54) is 14.0 Å². The lowest BCUT2D eigenvalue weighted by Crippen LogP contribution is -2.50. The molecule has 1 aromatic rings. The van der Waals surface area contributed by atoms with Gasteiger partial charge in [0.2, 0.25) is 5.91 Å². The number of aliphatic hydroxyl groups excluding tert-OH is 1. The van der Waals surface area contributed by atoms with E-state index in [4.69, 9.17) is 4.74 Å². The van der Waals surface area contributed by atoms with Crippen LogP contribution in [0.4, 0.5) is 0 Å². The van der Waals surface area contributed by atoms with Gasteiger partial charge in [0, 0.05) is 0 Å². The van der Waals surface area contributed by atoms with E-state index in [0.717, 1.165) is 0 Å². The molecular formula is C15H22N2O4. The Morgan fingerprint density at radius 2 is 1.95 bits per heavy atom. The molecule has 0 aromatic heterocycles. The third-order valence-corrected chi connectivity index (χ3v) is 3.11. The van der Waals surface area contributed by atoms with Crippen molar-refractivity contribution >= 4 is 11.7 Å². The molecular weight excluding hydrogens is 272 g/mol. The predicted molar refractivity (Wildman–Crippen MR) is 79.5 cm³/mol. The zero-order valence-corrected chi connectivity index (χ0v) is 12.8. The van der Waals surface area contributed by atoms with Gasteiger partial charge in [-0.25, -0.2) is 0 Å². The number of rotatable bonds is 7. The van der Waals surface area contributed by atoms with Gasteiger partial charge in [-0.3, -0.25) is 14.5 Å². The van der Waals surface area contributed by atoms with E-state index in [-0.39, 0.29) is 12.3 Å². The minimum absolute atomic E-state index is 0.143. The highest BCUT2D eigenvalue weighted by Gasteiger charge is 2.26. The number of carbonyl (C=O) groups is 2. The van der Waals surface area contributed by atoms with Crippen molar-refractivity contribution in [1.82, 2.24) is 10.2 Å². The van der Waals surface area contributed by atoms with Crippen LogP contribution in [0.3, 0.4) is 0 Å². The fourth-order valence-electron chi connectivity index (χ4n) is 2.13. The first-order valence-corrected chi connectivity index (χ1v) is 6.67. The molecule has 0 saturated carbocycles. The molecule has 0 unspecified atom stereocenters. The van der Waals surface area contributed by atoms with Crippen LogP contribution in [0.15, 0.2) is 24.3 Å². The Labute approximate surface area is 124 Å². The van der Waals surface area contributed by atoms with Crippen molar-refractivity contribution in [2.75, 3.05) is 27.7 Å². The van der Waals surface area contributed by atoms with Crippen molar-refractivity contribution in [3.63, 3.8) is 0 Å². The Kier molecular flexibility index (Phi) is 6.33. The van der Waals surface area contributed by atoms with E-state index in [1.54, 1.807) is 43.3 Å². The summed E-state index contributed by atoms with van der Waals surface area (Å²) >= 11 is 0. The molecule has 21 heavy (non-hydrogen) atoms. The number of nitrogens with zero attached hydrogens (tertiary/aromatic N) is 1. The highest BCUT2D eigenvalue weighted by Crippen LogP contribution is 2.17. The monoisotopic (exact) mass is 294 g/mol. The Morgan fingerprint density at radius 3 is 2.48 bits per heavy atom. The lowest BCUT2D eigenvalue weighted by atomic mass is 10.1. The van der Waals surface area contributed by atoms with Gasteiger partial charge in [0.25, 0.3) is 0 Å². The number of hydrogen-bond donors (Lipinski definition) is 2. The van der Waals surface area contributed by atoms with Gasteiger partial charge >= 0.3 is 0 Å². The summed E-state index contributed by atoms with van der Waals surface area (Å²) in [4.78, 5) is 25.7. The zero-order chi connectivity index (χ0) is 16.0. The summed E-state index contributed by atoms with van der Waals surface area (Å²) in [5.41, 5.74) is 0.416. The zero-order valence-electron chi connectivity index (χ0n) is 12.8. The number of para-hydroxylation sites is 1. The van der Waals surface area contributed by atoms with E-state index in [0.29, 0.717) is 11.3 Å². The first-order chi connectivity index (χ1) is 9.88. The van der Waals surface area contributed by atoms with Gasteiger partial charge in [0.1, 0.15) is 11.8 Å². The Morgan fingerprint density at radius 1 is 1.33 bits per heavy atom. The number of benzene rings is 1. The topological polar surface area (TPSA) is 78.9 Å². The van der Waals surface area contributed by atoms with Crippen molar-refractivity contribution in [1.29, 1.82) is 0 Å². The summed E-state index contributed by atoms with van der Waals surface area (Å²) in [5, 5.41) is 12.2. The fraction of sp³-hybridized carbons (Fsp3) is 0.467. The van der Waals surface area contributed by atoms with Crippen LogP contribution in [0.2, 0.25) is 0 Å². The van der Waals surface area contributed by atoms with Crippen molar-refractivity contribution in [2.45, 2.75) is 19.1 Å². The number of carbonyl (C=O) groups excluding carboxylic acids is 2. The number of aliphatic hydroxyl groups is 1. The van der Waals surface area contributed by atoms with Gasteiger partial charge < -0.3 is 15.2 Å². The van der Waals surface area contributed by atoms with Gasteiger partial charge in [0.15, 0.2) is 5.78 Å². The summed E-state index contributed by atoms with van der Waals surface area (Å²) < 4.78 is 5.12. The molecule has 1 rings (SSSR count). The molecule has 0 heterocycles. The molecule has 1 amide bonds. The van der Waals surface area contributed by atoms with E-state index in [9.17, 15) is 14.7 Å². The Bertz CT molecular complexity index is 492. The largest absolute Gasteiger partial charge is 0.496 e. The number of ether oxygens (including phenoxy) is 1. The van der Waals surface area contributed by atoms with Gasteiger partial charge in [-0.1, -0.05) is 12.1 Å². The van der Waals surface area contributed by atoms with Crippen LogP contribution in [0.25, 0.3) is 0 Å². The summed E-state index contributed by atoms with van der Waals surface area (Å²) in [7, 11) is 4.87. The van der Waals surface area contributed by atoms with Crippen LogP contribution in [-0.4, -0.2) is 61.6 Å². The minimum Gasteiger partial charge on any atom is -0.496 e. The van der Waals surface area contributed by atoms with Gasteiger partial charge in [0.05, 0.1) is 25.3 Å². The number of likely N-dealkylation sites (N-methyl/N-ethyl adjacent to an activating group) is 1. The second-order valence-corrected chi connectivity index (χ2v) is 4.99. The molecule has 2 atom stereocenters. The molecule has 0 aliphatic heterocycles. The maximum Gasteiger partial charge on any atom is 0.240 e. The Balaban J connectivity index is 2.70. The molecule has 0 fully saturated rings. The smallest absolute Gasteiger partial charge is 0.240 e. The lowest BCUT2D eigenvalue weighted by Gasteiger charge is -2.25. The number of nitrogens with one attached hydrogen (secondary N) is 1. The van der Waals surface area contributed by atoms with E-state index in [2.05, 4.69) is 5.32 Å². The van der Waals surface area contributed by atoms with Gasteiger partial charge in [-0.2, -0.15) is 0 Å². The third kappa shape index (κ3) is 4.54. The first kappa shape index (κ1) is 17.1. The molecule has 0 aliphatic rings. The summed E-state index contributed by atoms with van der Waals surface area (Å²) in [6.07, 6.45) is -0.832. The average Bonchev–Trinajstić information content (AvgIpc) is 2.43. The van der Waals surface area contributed by atoms with E-state index >= 15 is 0 Å². The quantitative estimate of drug-likeness (QED) is 0.707. The second-order valence-electron chi connectivity index (χ2n) is 4.99. The molecule has 0 radical (unpaired) electrons. The van der Waals surface area contributed by atoms with Crippen LogP contribution in [0, 0.1) is 0 Å². The SMILES string of the molecule is COc1ccccc1C(=O)CNC(=O)[C@H]([C@H](C)O)N(C)C. The molecule has 6 nitrogen and oxygen atoms in total. The molecule has 116 valence electrons. The van der Waals surface area contributed by atoms with Crippen LogP contribution < -0.4 is 10.1 Å². The molecule has 1 aromatic carbocycles. The molecule has 0 saturated heterocycles. The highest BCUT2D eigenvalue weighted by atomic mass is 16.5. The van der Waals surface area contributed by atoms with Crippen LogP contribution >= 0.6 is 0 Å². The number of hydrogen-bond acceptors (Lipinski definition) is 5. The summed E-state index contributed by atoms with van der Waals surface area (Å²) in [6.45, 7) is 1.39. The first-order valence-electron chi connectivity index (χ1n) is 6.67. The highest BCUT2D eigenvalue weighted by molar-refractivity contribution is 6.01. The van der Waals surface area contributed by atoms with E-state index < -0.39 is 18.1 Å². The maximum absolute atomic E-state index is 12.1. The molecule has 6 heteroatoms. The summed E-state index contributed by atoms with van der Waals surface area (Å²) in [5.74, 6) is -0.168. The van der Waals surface area contributed by atoms with Crippen molar-refractivity contribution in [3.05, 3.63) is 29.8 Å². The summed E-state index contributed by atoms with van der Waals surface area (Å²) in [6, 6.07) is 6.13. The molecule has 0 spiro atoms. The molecule has 0 aliphatic carbocycles. The minimum atomic E-state index is -0.832. The number of amides is 1. The lowest BCUT2D eigenvalue weighted by molar-refractivity contribution is -0.128. The average molecular weight is 294 g/mol. The number of methoxy groups -OCH3 is 1. The number of Topliss-reactive ketones (excluding diaryl/α,β-unsaturated/α-hetero) is 1. The van der Waals surface area contributed by atoms with Gasteiger partial charge in [-0.05, 0) is 33.2 Å². The van der Waals surface area contributed by atoms with Crippen molar-refractivity contribution in [3.8, 4) is 5.75 Å². The van der Waals surface area contributed by atoms with Crippen LogP contribution in [0.1, 0.15) is 17.3 Å². The van der Waals surface area contributed by atoms with Crippen molar-refractivity contribution < 1.29 is 19.4 Å². The third-order valence-electron chi connectivity index (χ3n) is 3.11. The maximum atomic E-state index is 12.1. The van der Waals surface area contributed by atoms with Crippen molar-refractivity contribution in [2.24, 2.45) is 0 Å². The standard InChI is InChI=1S/C15H22N2O4/c1-10(18)14(17(2)3)15(20)16-9-12(19)11-7-5-6-8-13(11)21-4/h5-8,10,14,18H,9H2,1-4H3,(H,16,20)/t10-,14-/m0/s1. The predicted octanol–water partition coefficient (Wildman–Crippen LogP) is 0.305. The number of ketones is 1. The fourth-order valence-corrected chi connectivity index (χ4v) is 2.13. The van der Waals surface area contributed by atoms with Crippen LogP contribution in [-0.2, 0) is 4.79 Å².